The highest BCUT2D eigenvalue weighted by Crippen LogP contribution is 2.26. The van der Waals surface area contributed by atoms with Crippen molar-refractivity contribution in [3.8, 4) is 5.75 Å². The topological polar surface area (TPSA) is 63.6 Å². The smallest absolute Gasteiger partial charge is 0.313 e. The van der Waals surface area contributed by atoms with Crippen molar-refractivity contribution < 1.29 is 19.4 Å². The molecule has 16 heavy (non-hydrogen) atoms. The summed E-state index contributed by atoms with van der Waals surface area (Å²) >= 11 is 3.14. The average Bonchev–Trinajstić information content (AvgIpc) is 2.17. The molecule has 0 fully saturated rings. The number of Topliss-reactive ketones (excluding diaryl/α,β-unsaturated/α-hetero) is 1. The monoisotopic (exact) mass is 286 g/mol. The summed E-state index contributed by atoms with van der Waals surface area (Å²) in [6.07, 6.45) is -0.371. The first-order valence-corrected chi connectivity index (χ1v) is 5.51. The first-order valence-electron chi connectivity index (χ1n) is 4.72. The minimum atomic E-state index is -0.595. The minimum absolute atomic E-state index is 0.107. The van der Waals surface area contributed by atoms with Crippen LogP contribution >= 0.6 is 15.9 Å². The van der Waals surface area contributed by atoms with Crippen LogP contribution in [0.15, 0.2) is 22.7 Å². The van der Waals surface area contributed by atoms with Crippen LogP contribution in [0.5, 0.6) is 5.75 Å². The first-order chi connectivity index (χ1) is 7.56. The summed E-state index contributed by atoms with van der Waals surface area (Å²) in [4.78, 5) is 22.8. The van der Waals surface area contributed by atoms with Gasteiger partial charge in [0.25, 0.3) is 0 Å². The number of aromatic hydroxyl groups is 1. The second-order valence-electron chi connectivity index (χ2n) is 3.04. The van der Waals surface area contributed by atoms with Crippen molar-refractivity contribution in [2.75, 3.05) is 6.61 Å². The molecule has 0 radical (unpaired) electrons. The summed E-state index contributed by atoms with van der Waals surface area (Å²) < 4.78 is 5.12. The van der Waals surface area contributed by atoms with Crippen LogP contribution in [0.3, 0.4) is 0 Å². The third-order valence-electron chi connectivity index (χ3n) is 1.88. The Balaban J connectivity index is 2.85. The highest BCUT2D eigenvalue weighted by molar-refractivity contribution is 9.10. The van der Waals surface area contributed by atoms with Crippen LogP contribution in [-0.4, -0.2) is 23.5 Å². The molecule has 1 aromatic carbocycles. The van der Waals surface area contributed by atoms with E-state index in [2.05, 4.69) is 20.7 Å². The van der Waals surface area contributed by atoms with E-state index in [9.17, 15) is 14.7 Å². The Morgan fingerprint density at radius 1 is 1.44 bits per heavy atom. The van der Waals surface area contributed by atoms with Crippen LogP contribution in [0.2, 0.25) is 0 Å². The Labute approximate surface area is 101 Å². The molecule has 0 aliphatic heterocycles. The molecule has 1 aromatic rings. The minimum Gasteiger partial charge on any atom is -0.507 e. The number of esters is 1. The van der Waals surface area contributed by atoms with Crippen LogP contribution in [0.25, 0.3) is 0 Å². The molecule has 0 aromatic heterocycles. The number of ether oxygens (including phenoxy) is 1. The van der Waals surface area contributed by atoms with Gasteiger partial charge in [-0.2, -0.15) is 0 Å². The van der Waals surface area contributed by atoms with Crippen LogP contribution in [0, 0.1) is 0 Å². The predicted molar refractivity (Wildman–Crippen MR) is 61.4 cm³/mol. The number of benzene rings is 1. The average molecular weight is 287 g/mol. The van der Waals surface area contributed by atoms with Gasteiger partial charge in [0.15, 0.2) is 5.78 Å². The van der Waals surface area contributed by atoms with Gasteiger partial charge < -0.3 is 9.84 Å². The second kappa shape index (κ2) is 5.65. The van der Waals surface area contributed by atoms with E-state index < -0.39 is 11.8 Å². The van der Waals surface area contributed by atoms with E-state index in [1.54, 1.807) is 19.1 Å². The Bertz CT molecular complexity index is 394. The molecule has 0 saturated heterocycles. The maximum Gasteiger partial charge on any atom is 0.313 e. The van der Waals surface area contributed by atoms with Crippen molar-refractivity contribution in [1.29, 1.82) is 0 Å². The normalized spacial score (nSPS) is 9.88. The lowest BCUT2D eigenvalue weighted by Gasteiger charge is -2.05. The van der Waals surface area contributed by atoms with E-state index in [1.807, 2.05) is 0 Å². The van der Waals surface area contributed by atoms with Crippen molar-refractivity contribution in [3.05, 3.63) is 28.2 Å². The second-order valence-corrected chi connectivity index (χ2v) is 3.89. The molecule has 86 valence electrons. The van der Waals surface area contributed by atoms with E-state index in [-0.39, 0.29) is 24.3 Å². The Hall–Kier alpha value is -1.36. The van der Waals surface area contributed by atoms with Crippen molar-refractivity contribution in [2.45, 2.75) is 13.3 Å². The number of carbonyl (C=O) groups is 2. The predicted octanol–water partition coefficient (Wildman–Crippen LogP) is 2.29. The summed E-state index contributed by atoms with van der Waals surface area (Å²) in [5, 5.41) is 9.50. The summed E-state index contributed by atoms with van der Waals surface area (Å²) in [7, 11) is 0. The van der Waals surface area contributed by atoms with Gasteiger partial charge in [0.2, 0.25) is 0 Å². The fourth-order valence-corrected chi connectivity index (χ4v) is 1.80. The number of halogens is 1. The molecule has 0 amide bonds. The Morgan fingerprint density at radius 2 is 2.12 bits per heavy atom. The number of carbonyl (C=O) groups excluding carboxylic acids is 2. The molecule has 0 heterocycles. The standard InChI is InChI=1S/C11H11BrO4/c1-2-16-10(15)6-9(14)11-7(12)4-3-5-8(11)13/h3-5,13H,2,6H2,1H3. The molecule has 0 aliphatic carbocycles. The molecule has 4 nitrogen and oxygen atoms in total. The molecule has 0 saturated carbocycles. The third kappa shape index (κ3) is 3.06. The van der Waals surface area contributed by atoms with Crippen LogP contribution in [0.4, 0.5) is 0 Å². The zero-order valence-electron chi connectivity index (χ0n) is 8.70. The van der Waals surface area contributed by atoms with Crippen molar-refractivity contribution in [3.63, 3.8) is 0 Å². The number of hydrogen-bond donors (Lipinski definition) is 1. The van der Waals surface area contributed by atoms with Crippen molar-refractivity contribution >= 4 is 27.7 Å². The van der Waals surface area contributed by atoms with Crippen LogP contribution < -0.4 is 0 Å². The quantitative estimate of drug-likeness (QED) is 0.524. The number of rotatable bonds is 4. The van der Waals surface area contributed by atoms with E-state index in [4.69, 9.17) is 0 Å². The van der Waals surface area contributed by atoms with Gasteiger partial charge in [-0.05, 0) is 35.0 Å². The Kier molecular flexibility index (Phi) is 4.49. The fourth-order valence-electron chi connectivity index (χ4n) is 1.22. The van der Waals surface area contributed by atoms with Crippen LogP contribution in [0.1, 0.15) is 23.7 Å². The zero-order chi connectivity index (χ0) is 12.1. The van der Waals surface area contributed by atoms with Gasteiger partial charge in [-0.3, -0.25) is 9.59 Å². The first kappa shape index (κ1) is 12.7. The van der Waals surface area contributed by atoms with Gasteiger partial charge in [0, 0.05) is 4.47 Å². The molecular formula is C11H11BrO4. The maximum atomic E-state index is 11.7. The summed E-state index contributed by atoms with van der Waals surface area (Å²) in [6, 6.07) is 4.61. The van der Waals surface area contributed by atoms with Gasteiger partial charge >= 0.3 is 5.97 Å². The summed E-state index contributed by atoms with van der Waals surface area (Å²) in [6.45, 7) is 1.90. The summed E-state index contributed by atoms with van der Waals surface area (Å²) in [5.74, 6) is -1.21. The highest BCUT2D eigenvalue weighted by atomic mass is 79.9. The highest BCUT2D eigenvalue weighted by Gasteiger charge is 2.18. The molecule has 0 atom stereocenters. The fraction of sp³-hybridized carbons (Fsp3) is 0.273. The van der Waals surface area contributed by atoms with E-state index >= 15 is 0 Å². The van der Waals surface area contributed by atoms with Crippen molar-refractivity contribution in [2.24, 2.45) is 0 Å². The van der Waals surface area contributed by atoms with Gasteiger partial charge in [-0.15, -0.1) is 0 Å². The van der Waals surface area contributed by atoms with E-state index in [1.165, 1.54) is 6.07 Å². The van der Waals surface area contributed by atoms with E-state index in [0.29, 0.717) is 4.47 Å². The van der Waals surface area contributed by atoms with Gasteiger partial charge in [-0.25, -0.2) is 0 Å². The lowest BCUT2D eigenvalue weighted by molar-refractivity contribution is -0.141. The van der Waals surface area contributed by atoms with Crippen molar-refractivity contribution in [1.82, 2.24) is 0 Å². The van der Waals surface area contributed by atoms with Crippen LogP contribution in [-0.2, 0) is 9.53 Å². The third-order valence-corrected chi connectivity index (χ3v) is 2.54. The molecular weight excluding hydrogens is 276 g/mol. The maximum absolute atomic E-state index is 11.7. The Morgan fingerprint density at radius 3 is 2.69 bits per heavy atom. The molecule has 1 N–H and O–H groups in total. The molecule has 1 rings (SSSR count). The lowest BCUT2D eigenvalue weighted by atomic mass is 10.1. The molecule has 5 heteroatoms. The molecule has 0 aliphatic rings. The van der Waals surface area contributed by atoms with E-state index in [0.717, 1.165) is 0 Å². The SMILES string of the molecule is CCOC(=O)CC(=O)c1c(O)cccc1Br. The number of phenolic OH excluding ortho intramolecular Hbond substituents is 1. The largest absolute Gasteiger partial charge is 0.507 e. The van der Waals surface area contributed by atoms with Gasteiger partial charge in [-0.1, -0.05) is 6.07 Å². The number of ketones is 1. The lowest BCUT2D eigenvalue weighted by Crippen LogP contribution is -2.11. The van der Waals surface area contributed by atoms with Gasteiger partial charge in [0.1, 0.15) is 12.2 Å². The molecule has 0 bridgehead atoms. The number of phenols is 1. The number of hydrogen-bond acceptors (Lipinski definition) is 4. The molecule has 0 spiro atoms. The zero-order valence-corrected chi connectivity index (χ0v) is 10.3. The molecule has 0 unspecified atom stereocenters. The summed E-state index contributed by atoms with van der Waals surface area (Å²) in [5.41, 5.74) is 0.107. The van der Waals surface area contributed by atoms with Gasteiger partial charge in [0.05, 0.1) is 12.2 Å².